The lowest BCUT2D eigenvalue weighted by Gasteiger charge is -2.18. The van der Waals surface area contributed by atoms with Crippen molar-refractivity contribution in [3.63, 3.8) is 0 Å². The average Bonchev–Trinajstić information content (AvgIpc) is 3.23. The SMILES string of the molecule is CC(Oc1cc2sc(NC(=O)NCCOCc3ccccc3)nc2cc1F)c1c(Cl)ccc(F)c1Cl. The number of urea groups is 1. The Labute approximate surface area is 220 Å². The molecule has 0 bridgehead atoms. The van der Waals surface area contributed by atoms with Gasteiger partial charge in [-0.2, -0.15) is 0 Å². The highest BCUT2D eigenvalue weighted by atomic mass is 35.5. The molecule has 2 amide bonds. The van der Waals surface area contributed by atoms with E-state index in [1.807, 2.05) is 30.3 Å². The number of nitrogens with one attached hydrogen (secondary N) is 2. The molecule has 1 aromatic heterocycles. The number of carbonyl (C=O) groups excluding carboxylic acids is 1. The molecule has 4 rings (SSSR count). The summed E-state index contributed by atoms with van der Waals surface area (Å²) in [5, 5.41) is 5.62. The van der Waals surface area contributed by atoms with Gasteiger partial charge in [0.1, 0.15) is 11.9 Å². The van der Waals surface area contributed by atoms with Crippen LogP contribution in [0.4, 0.5) is 18.7 Å². The first-order valence-corrected chi connectivity index (χ1v) is 12.5. The van der Waals surface area contributed by atoms with Crippen molar-refractivity contribution in [2.45, 2.75) is 19.6 Å². The minimum atomic E-state index is -0.826. The number of hydrogen-bond acceptors (Lipinski definition) is 5. The zero-order valence-corrected chi connectivity index (χ0v) is 21.3. The van der Waals surface area contributed by atoms with E-state index < -0.39 is 23.8 Å². The van der Waals surface area contributed by atoms with E-state index in [4.69, 9.17) is 32.7 Å². The van der Waals surface area contributed by atoms with Gasteiger partial charge in [-0.1, -0.05) is 64.9 Å². The lowest BCUT2D eigenvalue weighted by Crippen LogP contribution is -2.31. The zero-order valence-electron chi connectivity index (χ0n) is 19.0. The monoisotopic (exact) mass is 551 g/mol. The minimum Gasteiger partial charge on any atom is -0.483 e. The molecule has 3 aromatic carbocycles. The fraction of sp³-hybridized carbons (Fsp3) is 0.200. The zero-order chi connectivity index (χ0) is 25.7. The van der Waals surface area contributed by atoms with E-state index in [1.54, 1.807) is 6.92 Å². The van der Waals surface area contributed by atoms with Gasteiger partial charge in [0.2, 0.25) is 0 Å². The van der Waals surface area contributed by atoms with Gasteiger partial charge in [-0.25, -0.2) is 18.6 Å². The second kappa shape index (κ2) is 11.8. The van der Waals surface area contributed by atoms with Crippen molar-refractivity contribution in [1.29, 1.82) is 0 Å². The van der Waals surface area contributed by atoms with Gasteiger partial charge in [-0.15, -0.1) is 0 Å². The first kappa shape index (κ1) is 26.1. The average molecular weight is 552 g/mol. The predicted octanol–water partition coefficient (Wildman–Crippen LogP) is 7.36. The summed E-state index contributed by atoms with van der Waals surface area (Å²) in [6.07, 6.45) is -0.826. The first-order valence-electron chi connectivity index (χ1n) is 10.9. The number of amides is 2. The van der Waals surface area contributed by atoms with Gasteiger partial charge in [-0.3, -0.25) is 5.32 Å². The number of aromatic nitrogens is 1. The molecule has 0 saturated carbocycles. The van der Waals surface area contributed by atoms with Gasteiger partial charge >= 0.3 is 6.03 Å². The summed E-state index contributed by atoms with van der Waals surface area (Å²) in [6, 6.07) is 14.4. The molecule has 1 unspecified atom stereocenters. The molecule has 0 aliphatic rings. The van der Waals surface area contributed by atoms with Crippen LogP contribution < -0.4 is 15.4 Å². The van der Waals surface area contributed by atoms with Gasteiger partial charge in [0, 0.05) is 29.3 Å². The standard InChI is InChI=1S/C25H21Cl2F2N3O3S/c1-14(22-16(26)7-8-17(28)23(22)27)35-20-12-21-19(11-18(20)29)31-25(36-21)32-24(33)30-9-10-34-13-15-5-3-2-4-6-15/h2-8,11-12,14H,9-10,13H2,1H3,(H2,30,31,32,33). The first-order chi connectivity index (χ1) is 17.3. The van der Waals surface area contributed by atoms with Gasteiger partial charge < -0.3 is 14.8 Å². The predicted molar refractivity (Wildman–Crippen MR) is 138 cm³/mol. The van der Waals surface area contributed by atoms with Crippen molar-refractivity contribution in [2.24, 2.45) is 0 Å². The second-order valence-electron chi connectivity index (χ2n) is 7.71. The Morgan fingerprint density at radius 3 is 2.67 bits per heavy atom. The normalized spacial score (nSPS) is 11.9. The van der Waals surface area contributed by atoms with Crippen LogP contribution >= 0.6 is 34.5 Å². The molecule has 0 fully saturated rings. The van der Waals surface area contributed by atoms with Crippen LogP contribution in [0.1, 0.15) is 24.2 Å². The number of ether oxygens (including phenoxy) is 2. The topological polar surface area (TPSA) is 72.5 Å². The van der Waals surface area contributed by atoms with E-state index in [-0.39, 0.29) is 26.5 Å². The molecular weight excluding hydrogens is 531 g/mol. The molecule has 6 nitrogen and oxygen atoms in total. The lowest BCUT2D eigenvalue weighted by molar-refractivity contribution is 0.124. The van der Waals surface area contributed by atoms with E-state index >= 15 is 0 Å². The number of anilines is 1. The van der Waals surface area contributed by atoms with Crippen LogP contribution in [-0.2, 0) is 11.3 Å². The Balaban J connectivity index is 1.35. The maximum Gasteiger partial charge on any atom is 0.321 e. The number of nitrogens with zero attached hydrogens (tertiary/aromatic N) is 1. The number of thiazole rings is 1. The maximum atomic E-state index is 14.7. The van der Waals surface area contributed by atoms with Crippen LogP contribution in [-0.4, -0.2) is 24.2 Å². The van der Waals surface area contributed by atoms with E-state index in [0.717, 1.165) is 23.0 Å². The molecule has 2 N–H and O–H groups in total. The third-order valence-corrected chi connectivity index (χ3v) is 6.74. The van der Waals surface area contributed by atoms with Crippen molar-refractivity contribution in [1.82, 2.24) is 10.3 Å². The Hall–Kier alpha value is -2.98. The van der Waals surface area contributed by atoms with Crippen LogP contribution in [0.15, 0.2) is 54.6 Å². The van der Waals surface area contributed by atoms with Crippen LogP contribution in [0.25, 0.3) is 10.2 Å². The van der Waals surface area contributed by atoms with E-state index in [9.17, 15) is 13.6 Å². The number of benzene rings is 3. The van der Waals surface area contributed by atoms with Gasteiger partial charge in [-0.05, 0) is 24.6 Å². The quantitative estimate of drug-likeness (QED) is 0.168. The maximum absolute atomic E-state index is 14.7. The lowest BCUT2D eigenvalue weighted by atomic mass is 10.1. The Bertz CT molecular complexity index is 1370. The number of halogens is 4. The van der Waals surface area contributed by atoms with Gasteiger partial charge in [0.25, 0.3) is 0 Å². The van der Waals surface area contributed by atoms with E-state index in [0.29, 0.717) is 30.0 Å². The van der Waals surface area contributed by atoms with Crippen molar-refractivity contribution in [3.8, 4) is 5.75 Å². The molecule has 0 aliphatic heterocycles. The Morgan fingerprint density at radius 1 is 1.11 bits per heavy atom. The number of carbonyl (C=O) groups is 1. The highest BCUT2D eigenvalue weighted by Crippen LogP contribution is 2.37. The van der Waals surface area contributed by atoms with Crippen molar-refractivity contribution in [3.05, 3.63) is 87.4 Å². The summed E-state index contributed by atoms with van der Waals surface area (Å²) in [7, 11) is 0. The summed E-state index contributed by atoms with van der Waals surface area (Å²) in [5.74, 6) is -1.40. The molecule has 188 valence electrons. The Kier molecular flexibility index (Phi) is 8.58. The summed E-state index contributed by atoms with van der Waals surface area (Å²) >= 11 is 13.3. The van der Waals surface area contributed by atoms with Crippen LogP contribution in [0.2, 0.25) is 10.0 Å². The minimum absolute atomic E-state index is 0.0818. The summed E-state index contributed by atoms with van der Waals surface area (Å²) in [6.45, 7) is 2.68. The third kappa shape index (κ3) is 6.41. The number of rotatable bonds is 9. The third-order valence-electron chi connectivity index (χ3n) is 5.10. The van der Waals surface area contributed by atoms with E-state index in [1.165, 1.54) is 18.2 Å². The van der Waals surface area contributed by atoms with Gasteiger partial charge in [0.15, 0.2) is 16.7 Å². The van der Waals surface area contributed by atoms with Gasteiger partial charge in [0.05, 0.1) is 28.5 Å². The number of hydrogen-bond donors (Lipinski definition) is 2. The molecular formula is C25H21Cl2F2N3O3S. The Morgan fingerprint density at radius 2 is 1.89 bits per heavy atom. The summed E-state index contributed by atoms with van der Waals surface area (Å²) < 4.78 is 40.4. The van der Waals surface area contributed by atoms with Crippen LogP contribution in [0.3, 0.4) is 0 Å². The van der Waals surface area contributed by atoms with Crippen molar-refractivity contribution in [2.75, 3.05) is 18.5 Å². The smallest absolute Gasteiger partial charge is 0.321 e. The molecule has 0 saturated heterocycles. The molecule has 1 atom stereocenters. The summed E-state index contributed by atoms with van der Waals surface area (Å²) in [4.78, 5) is 16.4. The molecule has 0 aliphatic carbocycles. The molecule has 0 spiro atoms. The highest BCUT2D eigenvalue weighted by Gasteiger charge is 2.21. The molecule has 4 aromatic rings. The van der Waals surface area contributed by atoms with Crippen LogP contribution in [0, 0.1) is 11.6 Å². The fourth-order valence-electron chi connectivity index (χ4n) is 3.38. The van der Waals surface area contributed by atoms with Crippen LogP contribution in [0.5, 0.6) is 5.75 Å². The van der Waals surface area contributed by atoms with Crippen molar-refractivity contribution >= 4 is 55.9 Å². The highest BCUT2D eigenvalue weighted by molar-refractivity contribution is 7.22. The van der Waals surface area contributed by atoms with Crippen molar-refractivity contribution < 1.29 is 23.0 Å². The largest absolute Gasteiger partial charge is 0.483 e. The second-order valence-corrected chi connectivity index (χ2v) is 9.52. The fourth-order valence-corrected chi connectivity index (χ4v) is 4.93. The van der Waals surface area contributed by atoms with E-state index in [2.05, 4.69) is 15.6 Å². The number of fused-ring (bicyclic) bond motifs is 1. The molecule has 11 heteroatoms. The molecule has 1 heterocycles. The summed E-state index contributed by atoms with van der Waals surface area (Å²) in [5.41, 5.74) is 1.61. The molecule has 36 heavy (non-hydrogen) atoms. The molecule has 0 radical (unpaired) electrons.